The lowest BCUT2D eigenvalue weighted by atomic mass is 9.94. The number of hydrogen-bond acceptors (Lipinski definition) is 4. The molecule has 0 aliphatic heterocycles. The molecule has 1 aromatic heterocycles. The lowest BCUT2D eigenvalue weighted by molar-refractivity contribution is 0.0696. The van der Waals surface area contributed by atoms with E-state index in [-0.39, 0.29) is 11.8 Å². The second-order valence-electron chi connectivity index (χ2n) is 6.83. The highest BCUT2D eigenvalue weighted by molar-refractivity contribution is 6.04. The largest absolute Gasteiger partial charge is 0.481 e. The molecular weight excluding hydrogens is 342 g/mol. The van der Waals surface area contributed by atoms with E-state index in [1.807, 2.05) is 11.9 Å². The molecule has 27 heavy (non-hydrogen) atoms. The first kappa shape index (κ1) is 18.9. The summed E-state index contributed by atoms with van der Waals surface area (Å²) in [7, 11) is 3.40. The molecule has 3 rings (SSSR count). The Morgan fingerprint density at radius 2 is 1.70 bits per heavy atom. The van der Waals surface area contributed by atoms with Crippen LogP contribution in [0.1, 0.15) is 52.8 Å². The van der Waals surface area contributed by atoms with Crippen molar-refractivity contribution in [3.63, 3.8) is 0 Å². The maximum Gasteiger partial charge on any atom is 0.257 e. The average Bonchev–Trinajstić information content (AvgIpc) is 2.74. The Balaban J connectivity index is 1.62. The molecule has 1 heterocycles. The number of anilines is 1. The van der Waals surface area contributed by atoms with E-state index in [1.165, 1.54) is 32.6 Å². The quantitative estimate of drug-likeness (QED) is 0.874. The molecule has 1 fully saturated rings. The molecular formula is C21H25N3O3. The summed E-state index contributed by atoms with van der Waals surface area (Å²) in [5, 5.41) is 2.81. The van der Waals surface area contributed by atoms with Crippen molar-refractivity contribution < 1.29 is 14.3 Å². The first-order valence-corrected chi connectivity index (χ1v) is 9.27. The number of nitrogens with zero attached hydrogens (tertiary/aromatic N) is 2. The van der Waals surface area contributed by atoms with Crippen LogP contribution in [0.5, 0.6) is 5.88 Å². The predicted octanol–water partition coefficient (Wildman–Crippen LogP) is 3.75. The van der Waals surface area contributed by atoms with Crippen molar-refractivity contribution in [3.05, 3.63) is 53.7 Å². The zero-order valence-corrected chi connectivity index (χ0v) is 15.8. The van der Waals surface area contributed by atoms with Crippen LogP contribution in [-0.2, 0) is 0 Å². The zero-order chi connectivity index (χ0) is 19.2. The molecule has 0 unspecified atom stereocenters. The van der Waals surface area contributed by atoms with Crippen LogP contribution < -0.4 is 10.1 Å². The topological polar surface area (TPSA) is 71.5 Å². The lowest BCUT2D eigenvalue weighted by Crippen LogP contribution is -2.38. The van der Waals surface area contributed by atoms with Crippen molar-refractivity contribution in [1.29, 1.82) is 0 Å². The van der Waals surface area contributed by atoms with Crippen molar-refractivity contribution in [2.45, 2.75) is 38.1 Å². The number of pyridine rings is 1. The molecule has 142 valence electrons. The second-order valence-corrected chi connectivity index (χ2v) is 6.83. The van der Waals surface area contributed by atoms with Gasteiger partial charge in [0.1, 0.15) is 0 Å². The first-order valence-electron chi connectivity index (χ1n) is 9.27. The third-order valence-electron chi connectivity index (χ3n) is 5.04. The van der Waals surface area contributed by atoms with Crippen LogP contribution in [0.4, 0.5) is 5.69 Å². The third-order valence-corrected chi connectivity index (χ3v) is 5.04. The van der Waals surface area contributed by atoms with Gasteiger partial charge in [-0.2, -0.15) is 0 Å². The van der Waals surface area contributed by atoms with Crippen LogP contribution in [0, 0.1) is 0 Å². The molecule has 6 heteroatoms. The van der Waals surface area contributed by atoms with Gasteiger partial charge in [-0.25, -0.2) is 4.98 Å². The van der Waals surface area contributed by atoms with Gasteiger partial charge in [-0.3, -0.25) is 9.59 Å². The number of carbonyl (C=O) groups excluding carboxylic acids is 2. The Bertz CT molecular complexity index is 781. The summed E-state index contributed by atoms with van der Waals surface area (Å²) >= 11 is 0. The van der Waals surface area contributed by atoms with Gasteiger partial charge < -0.3 is 15.0 Å². The molecule has 1 aliphatic rings. The molecule has 1 aliphatic carbocycles. The van der Waals surface area contributed by atoms with Gasteiger partial charge in [0.15, 0.2) is 0 Å². The van der Waals surface area contributed by atoms with Crippen molar-refractivity contribution in [2.24, 2.45) is 0 Å². The number of rotatable bonds is 5. The molecule has 1 N–H and O–H groups in total. The minimum atomic E-state index is -0.261. The van der Waals surface area contributed by atoms with Crippen molar-refractivity contribution in [3.8, 4) is 5.88 Å². The van der Waals surface area contributed by atoms with E-state index in [9.17, 15) is 9.59 Å². The van der Waals surface area contributed by atoms with Crippen LogP contribution in [0.25, 0.3) is 0 Å². The maximum absolute atomic E-state index is 12.7. The van der Waals surface area contributed by atoms with Crippen LogP contribution >= 0.6 is 0 Å². The summed E-state index contributed by atoms with van der Waals surface area (Å²) in [6, 6.07) is 10.6. The Morgan fingerprint density at radius 3 is 2.30 bits per heavy atom. The highest BCUT2D eigenvalue weighted by Gasteiger charge is 2.22. The Hall–Kier alpha value is -2.89. The minimum absolute atomic E-state index is 0.0270. The molecule has 2 aromatic rings. The molecule has 0 bridgehead atoms. The number of methoxy groups -OCH3 is 1. The van der Waals surface area contributed by atoms with E-state index in [0.29, 0.717) is 28.7 Å². The van der Waals surface area contributed by atoms with Gasteiger partial charge >= 0.3 is 0 Å². The molecule has 1 saturated carbocycles. The number of aromatic nitrogens is 1. The van der Waals surface area contributed by atoms with E-state index in [1.54, 1.807) is 36.4 Å². The molecule has 0 spiro atoms. The summed E-state index contributed by atoms with van der Waals surface area (Å²) in [5.41, 5.74) is 1.70. The second kappa shape index (κ2) is 8.66. The standard InChI is InChI=1S/C21H25N3O3/c1-24(18-6-4-3-5-7-18)21(26)15-8-11-17(12-9-15)23-20(25)16-10-13-19(27-2)22-14-16/h8-14,18H,3-7H2,1-2H3,(H,23,25). The molecule has 0 atom stereocenters. The predicted molar refractivity (Wildman–Crippen MR) is 104 cm³/mol. The fourth-order valence-electron chi connectivity index (χ4n) is 3.37. The van der Waals surface area contributed by atoms with E-state index in [0.717, 1.165) is 12.8 Å². The normalized spacial score (nSPS) is 14.4. The lowest BCUT2D eigenvalue weighted by Gasteiger charge is -2.31. The van der Waals surface area contributed by atoms with E-state index < -0.39 is 0 Å². The van der Waals surface area contributed by atoms with Gasteiger partial charge in [0.25, 0.3) is 11.8 Å². The molecule has 6 nitrogen and oxygen atoms in total. The zero-order valence-electron chi connectivity index (χ0n) is 15.8. The van der Waals surface area contributed by atoms with Crippen molar-refractivity contribution in [2.75, 3.05) is 19.5 Å². The van der Waals surface area contributed by atoms with Crippen molar-refractivity contribution in [1.82, 2.24) is 9.88 Å². The maximum atomic E-state index is 12.7. The summed E-state index contributed by atoms with van der Waals surface area (Å²) in [6.45, 7) is 0. The molecule has 1 aromatic carbocycles. The minimum Gasteiger partial charge on any atom is -0.481 e. The van der Waals surface area contributed by atoms with Crippen LogP contribution in [0.3, 0.4) is 0 Å². The highest BCUT2D eigenvalue weighted by Crippen LogP contribution is 2.23. The van der Waals surface area contributed by atoms with Gasteiger partial charge in [-0.15, -0.1) is 0 Å². The average molecular weight is 367 g/mol. The Morgan fingerprint density at radius 1 is 1.04 bits per heavy atom. The molecule has 0 saturated heterocycles. The Labute approximate surface area is 159 Å². The van der Waals surface area contributed by atoms with Gasteiger partial charge in [0.05, 0.1) is 12.7 Å². The van der Waals surface area contributed by atoms with Crippen LogP contribution in [-0.4, -0.2) is 41.9 Å². The van der Waals surface area contributed by atoms with Gasteiger partial charge in [-0.1, -0.05) is 19.3 Å². The molecule has 2 amide bonds. The van der Waals surface area contributed by atoms with Crippen molar-refractivity contribution >= 4 is 17.5 Å². The number of amides is 2. The van der Waals surface area contributed by atoms with Gasteiger partial charge in [-0.05, 0) is 43.2 Å². The number of nitrogens with one attached hydrogen (secondary N) is 1. The van der Waals surface area contributed by atoms with Crippen LogP contribution in [0.15, 0.2) is 42.6 Å². The summed E-state index contributed by atoms with van der Waals surface area (Å²) < 4.78 is 4.99. The molecule has 0 radical (unpaired) electrons. The SMILES string of the molecule is COc1ccc(C(=O)Nc2ccc(C(=O)N(C)C3CCCCC3)cc2)cn1. The van der Waals surface area contributed by atoms with Crippen LogP contribution in [0.2, 0.25) is 0 Å². The fraction of sp³-hybridized carbons (Fsp3) is 0.381. The number of ether oxygens (including phenoxy) is 1. The number of hydrogen-bond donors (Lipinski definition) is 1. The Kier molecular flexibility index (Phi) is 6.06. The first-order chi connectivity index (χ1) is 13.1. The van der Waals surface area contributed by atoms with Gasteiger partial charge in [0, 0.05) is 36.6 Å². The fourth-order valence-corrected chi connectivity index (χ4v) is 3.37. The summed E-state index contributed by atoms with van der Waals surface area (Å²) in [6.07, 6.45) is 7.25. The van der Waals surface area contributed by atoms with Gasteiger partial charge in [0.2, 0.25) is 5.88 Å². The number of benzene rings is 1. The van der Waals surface area contributed by atoms with E-state index in [2.05, 4.69) is 10.3 Å². The highest BCUT2D eigenvalue weighted by atomic mass is 16.5. The summed E-state index contributed by atoms with van der Waals surface area (Å²) in [5.74, 6) is 0.221. The number of carbonyl (C=O) groups is 2. The smallest absolute Gasteiger partial charge is 0.257 e. The third kappa shape index (κ3) is 4.64. The van der Waals surface area contributed by atoms with E-state index in [4.69, 9.17) is 4.74 Å². The monoisotopic (exact) mass is 367 g/mol. The van der Waals surface area contributed by atoms with E-state index >= 15 is 0 Å². The summed E-state index contributed by atoms with van der Waals surface area (Å²) in [4.78, 5) is 30.8.